The number of nitrogens with one attached hydrogen (secondary N) is 1. The van der Waals surface area contributed by atoms with E-state index in [0.717, 1.165) is 19.3 Å². The van der Waals surface area contributed by atoms with Crippen molar-refractivity contribution in [2.75, 3.05) is 0 Å². The second-order valence-corrected chi connectivity index (χ2v) is 3.50. The van der Waals surface area contributed by atoms with Gasteiger partial charge in [-0.1, -0.05) is 0 Å². The third-order valence-corrected chi connectivity index (χ3v) is 2.91. The molecule has 0 aliphatic heterocycles. The molecule has 0 spiro atoms. The first-order valence-electron chi connectivity index (χ1n) is 3.86. The SMILES string of the molecule is N=NC1CC2CC(O)C1C2. The van der Waals surface area contributed by atoms with Crippen LogP contribution in [0.25, 0.3) is 0 Å². The number of aliphatic hydroxyl groups excluding tert-OH is 1. The minimum Gasteiger partial charge on any atom is -0.393 e. The van der Waals surface area contributed by atoms with Crippen molar-refractivity contribution in [1.29, 1.82) is 5.53 Å². The van der Waals surface area contributed by atoms with Gasteiger partial charge in [-0.15, -0.1) is 0 Å². The van der Waals surface area contributed by atoms with Gasteiger partial charge in [0.05, 0.1) is 12.1 Å². The lowest BCUT2D eigenvalue weighted by atomic mass is 9.93. The molecule has 3 heteroatoms. The number of hydrogen-bond donors (Lipinski definition) is 2. The van der Waals surface area contributed by atoms with Crippen molar-refractivity contribution in [2.24, 2.45) is 17.0 Å². The molecule has 2 saturated carbocycles. The highest BCUT2D eigenvalue weighted by Crippen LogP contribution is 2.45. The summed E-state index contributed by atoms with van der Waals surface area (Å²) in [6.45, 7) is 0. The fourth-order valence-electron chi connectivity index (χ4n) is 2.43. The molecule has 2 rings (SSSR count). The summed E-state index contributed by atoms with van der Waals surface area (Å²) in [6, 6.07) is 0.147. The number of rotatable bonds is 1. The van der Waals surface area contributed by atoms with E-state index in [9.17, 15) is 5.11 Å². The molecule has 2 bridgehead atoms. The maximum Gasteiger partial charge on any atom is 0.0761 e. The second kappa shape index (κ2) is 2.02. The van der Waals surface area contributed by atoms with Gasteiger partial charge in [-0.05, 0) is 25.2 Å². The van der Waals surface area contributed by atoms with E-state index in [2.05, 4.69) is 5.11 Å². The number of fused-ring (bicyclic) bond motifs is 2. The van der Waals surface area contributed by atoms with Crippen molar-refractivity contribution in [1.82, 2.24) is 0 Å². The van der Waals surface area contributed by atoms with E-state index in [0.29, 0.717) is 11.8 Å². The van der Waals surface area contributed by atoms with E-state index in [4.69, 9.17) is 5.53 Å². The Morgan fingerprint density at radius 3 is 2.50 bits per heavy atom. The maximum atomic E-state index is 9.38. The minimum atomic E-state index is -0.155. The summed E-state index contributed by atoms with van der Waals surface area (Å²) in [5, 5.41) is 12.9. The van der Waals surface area contributed by atoms with Crippen LogP contribution >= 0.6 is 0 Å². The molecule has 2 fully saturated rings. The highest BCUT2D eigenvalue weighted by Gasteiger charge is 2.45. The van der Waals surface area contributed by atoms with Crippen LogP contribution in [0.2, 0.25) is 0 Å². The van der Waals surface area contributed by atoms with Crippen LogP contribution in [-0.4, -0.2) is 17.3 Å². The molecule has 10 heavy (non-hydrogen) atoms. The molecular weight excluding hydrogens is 128 g/mol. The fourth-order valence-corrected chi connectivity index (χ4v) is 2.43. The predicted molar refractivity (Wildman–Crippen MR) is 35.8 cm³/mol. The maximum absolute atomic E-state index is 9.38. The molecule has 2 aliphatic carbocycles. The van der Waals surface area contributed by atoms with E-state index in [-0.39, 0.29) is 12.1 Å². The monoisotopic (exact) mass is 140 g/mol. The zero-order valence-corrected chi connectivity index (χ0v) is 5.83. The van der Waals surface area contributed by atoms with Crippen LogP contribution in [0.3, 0.4) is 0 Å². The summed E-state index contributed by atoms with van der Waals surface area (Å²) in [6.07, 6.45) is 2.95. The molecule has 4 unspecified atom stereocenters. The Balaban J connectivity index is 2.12. The van der Waals surface area contributed by atoms with Crippen LogP contribution in [0.4, 0.5) is 0 Å². The second-order valence-electron chi connectivity index (χ2n) is 3.50. The van der Waals surface area contributed by atoms with Gasteiger partial charge in [0.2, 0.25) is 0 Å². The van der Waals surface area contributed by atoms with Crippen molar-refractivity contribution in [3.05, 3.63) is 0 Å². The standard InChI is InChI=1S/C7H12N2O/c8-9-6-2-4-1-5(6)7(10)3-4/h4-8,10H,1-3H2. The molecular formula is C7H12N2O. The van der Waals surface area contributed by atoms with Crippen LogP contribution in [-0.2, 0) is 0 Å². The minimum absolute atomic E-state index is 0.147. The van der Waals surface area contributed by atoms with E-state index >= 15 is 0 Å². The van der Waals surface area contributed by atoms with Crippen LogP contribution in [0, 0.1) is 17.4 Å². The summed E-state index contributed by atoms with van der Waals surface area (Å²) in [4.78, 5) is 0. The van der Waals surface area contributed by atoms with Gasteiger partial charge in [-0.2, -0.15) is 5.11 Å². The van der Waals surface area contributed by atoms with Crippen molar-refractivity contribution >= 4 is 0 Å². The third kappa shape index (κ3) is 0.700. The Hall–Kier alpha value is -0.440. The van der Waals surface area contributed by atoms with Crippen LogP contribution < -0.4 is 0 Å². The highest BCUT2D eigenvalue weighted by molar-refractivity contribution is 4.98. The normalized spacial score (nSPS) is 51.7. The predicted octanol–water partition coefficient (Wildman–Crippen LogP) is 1.18. The molecule has 2 aliphatic rings. The van der Waals surface area contributed by atoms with Gasteiger partial charge < -0.3 is 5.11 Å². The van der Waals surface area contributed by atoms with Crippen molar-refractivity contribution in [3.8, 4) is 0 Å². The third-order valence-electron chi connectivity index (χ3n) is 2.91. The van der Waals surface area contributed by atoms with Crippen molar-refractivity contribution in [2.45, 2.75) is 31.4 Å². The summed E-state index contributed by atoms with van der Waals surface area (Å²) < 4.78 is 0. The first-order valence-corrected chi connectivity index (χ1v) is 3.86. The zero-order chi connectivity index (χ0) is 7.14. The van der Waals surface area contributed by atoms with Crippen molar-refractivity contribution in [3.63, 3.8) is 0 Å². The van der Waals surface area contributed by atoms with Gasteiger partial charge >= 0.3 is 0 Å². The molecule has 0 heterocycles. The summed E-state index contributed by atoms with van der Waals surface area (Å²) in [5.41, 5.74) is 6.86. The molecule has 4 atom stereocenters. The largest absolute Gasteiger partial charge is 0.393 e. The molecule has 56 valence electrons. The van der Waals surface area contributed by atoms with Gasteiger partial charge in [-0.25, -0.2) is 5.53 Å². The van der Waals surface area contributed by atoms with Gasteiger partial charge in [0.1, 0.15) is 0 Å². The lowest BCUT2D eigenvalue weighted by molar-refractivity contribution is 0.101. The molecule has 0 aromatic carbocycles. The number of aliphatic hydroxyl groups is 1. The first kappa shape index (κ1) is 6.28. The van der Waals surface area contributed by atoms with Gasteiger partial charge in [0.15, 0.2) is 0 Å². The topological polar surface area (TPSA) is 56.4 Å². The molecule has 0 saturated heterocycles. The van der Waals surface area contributed by atoms with Gasteiger partial charge in [0.25, 0.3) is 0 Å². The molecule has 0 aromatic heterocycles. The Kier molecular flexibility index (Phi) is 1.27. The van der Waals surface area contributed by atoms with E-state index in [1.807, 2.05) is 0 Å². The smallest absolute Gasteiger partial charge is 0.0761 e. The summed E-state index contributed by atoms with van der Waals surface area (Å²) in [5.74, 6) is 0.988. The molecule has 2 N–H and O–H groups in total. The Morgan fingerprint density at radius 2 is 2.10 bits per heavy atom. The average Bonchev–Trinajstić information content (AvgIpc) is 2.44. The lowest BCUT2D eigenvalue weighted by Crippen LogP contribution is -2.26. The average molecular weight is 140 g/mol. The zero-order valence-electron chi connectivity index (χ0n) is 5.83. The Labute approximate surface area is 59.9 Å². The lowest BCUT2D eigenvalue weighted by Gasteiger charge is -2.20. The van der Waals surface area contributed by atoms with E-state index in [1.54, 1.807) is 0 Å². The van der Waals surface area contributed by atoms with Crippen LogP contribution in [0.5, 0.6) is 0 Å². The van der Waals surface area contributed by atoms with Gasteiger partial charge in [0, 0.05) is 5.92 Å². The number of hydrogen-bond acceptors (Lipinski definition) is 3. The first-order chi connectivity index (χ1) is 4.81. The van der Waals surface area contributed by atoms with Crippen LogP contribution in [0.1, 0.15) is 19.3 Å². The summed E-state index contributed by atoms with van der Waals surface area (Å²) in [7, 11) is 0. The molecule has 0 radical (unpaired) electrons. The van der Waals surface area contributed by atoms with E-state index < -0.39 is 0 Å². The highest BCUT2D eigenvalue weighted by atomic mass is 16.3. The molecule has 0 aromatic rings. The fraction of sp³-hybridized carbons (Fsp3) is 1.00. The Morgan fingerprint density at radius 1 is 1.30 bits per heavy atom. The quantitative estimate of drug-likeness (QED) is 0.528. The van der Waals surface area contributed by atoms with Crippen molar-refractivity contribution < 1.29 is 5.11 Å². The summed E-state index contributed by atoms with van der Waals surface area (Å²) >= 11 is 0. The van der Waals surface area contributed by atoms with Gasteiger partial charge in [-0.3, -0.25) is 0 Å². The van der Waals surface area contributed by atoms with E-state index in [1.165, 1.54) is 0 Å². The molecule has 0 amide bonds. The Bertz CT molecular complexity index is 160. The van der Waals surface area contributed by atoms with Crippen LogP contribution in [0.15, 0.2) is 5.11 Å². The molecule has 3 nitrogen and oxygen atoms in total. The number of nitrogens with zero attached hydrogens (tertiary/aromatic N) is 1.